The van der Waals surface area contributed by atoms with Gasteiger partial charge in [-0.15, -0.1) is 11.3 Å². The van der Waals surface area contributed by atoms with Gasteiger partial charge in [0.15, 0.2) is 10.9 Å². The van der Waals surface area contributed by atoms with Gasteiger partial charge < -0.3 is 9.73 Å². The smallest absolute Gasteiger partial charge is 0.246 e. The van der Waals surface area contributed by atoms with Crippen molar-refractivity contribution < 1.29 is 18.8 Å². The zero-order chi connectivity index (χ0) is 18.7. The molecule has 2 aromatic rings. The third-order valence-electron chi connectivity index (χ3n) is 5.61. The van der Waals surface area contributed by atoms with Gasteiger partial charge in [-0.25, -0.2) is 4.98 Å². The Bertz CT molecular complexity index is 961. The molecule has 0 aromatic carbocycles. The summed E-state index contributed by atoms with van der Waals surface area (Å²) in [4.78, 5) is 43.1. The molecule has 7 nitrogen and oxygen atoms in total. The topological polar surface area (TPSA) is 92.5 Å². The van der Waals surface area contributed by atoms with Gasteiger partial charge in [0.25, 0.3) is 0 Å². The zero-order valence-electron chi connectivity index (χ0n) is 14.5. The lowest BCUT2D eigenvalue weighted by molar-refractivity contribution is -0.143. The molecule has 1 saturated carbocycles. The van der Waals surface area contributed by atoms with E-state index in [0.29, 0.717) is 16.6 Å². The van der Waals surface area contributed by atoms with E-state index in [1.807, 2.05) is 31.2 Å². The Labute approximate surface area is 159 Å². The number of thiazole rings is 1. The van der Waals surface area contributed by atoms with Crippen LogP contribution in [-0.2, 0) is 14.4 Å². The normalized spacial score (nSPS) is 28.3. The Hall–Kier alpha value is -2.74. The van der Waals surface area contributed by atoms with E-state index < -0.39 is 5.91 Å². The van der Waals surface area contributed by atoms with E-state index >= 15 is 0 Å². The highest BCUT2D eigenvalue weighted by Gasteiger charge is 2.59. The average Bonchev–Trinajstić information content (AvgIpc) is 3.42. The van der Waals surface area contributed by atoms with Gasteiger partial charge >= 0.3 is 0 Å². The van der Waals surface area contributed by atoms with Crippen molar-refractivity contribution in [3.05, 3.63) is 35.4 Å². The van der Waals surface area contributed by atoms with Crippen LogP contribution in [0, 0.1) is 30.6 Å². The highest BCUT2D eigenvalue weighted by molar-refractivity contribution is 7.14. The number of imide groups is 1. The molecule has 3 amide bonds. The third kappa shape index (κ3) is 2.55. The third-order valence-corrected chi connectivity index (χ3v) is 6.36. The first-order chi connectivity index (χ1) is 13.0. The zero-order valence-corrected chi connectivity index (χ0v) is 15.4. The predicted octanol–water partition coefficient (Wildman–Crippen LogP) is 2.46. The SMILES string of the molecule is Cc1ccc(-c2csc(NC(=O)CN3C(=O)[C@@H]4[C@H](C3=O)[C@@H]3C=C[C@H]4C3)n2)o1. The Morgan fingerprint density at radius 2 is 1.96 bits per heavy atom. The predicted molar refractivity (Wildman–Crippen MR) is 97.6 cm³/mol. The molecule has 2 aliphatic carbocycles. The lowest BCUT2D eigenvalue weighted by atomic mass is 9.85. The van der Waals surface area contributed by atoms with E-state index in [0.717, 1.165) is 17.1 Å². The molecule has 8 heteroatoms. The average molecular weight is 383 g/mol. The number of nitrogens with zero attached hydrogens (tertiary/aromatic N) is 2. The summed E-state index contributed by atoms with van der Waals surface area (Å²) in [5, 5.41) is 4.87. The second-order valence-electron chi connectivity index (χ2n) is 7.26. The molecule has 1 aliphatic heterocycles. The number of allylic oxidation sites excluding steroid dienone is 2. The molecule has 27 heavy (non-hydrogen) atoms. The van der Waals surface area contributed by atoms with Crippen LogP contribution in [0.1, 0.15) is 12.2 Å². The fraction of sp³-hybridized carbons (Fsp3) is 0.368. The number of carbonyl (C=O) groups is 3. The molecule has 1 N–H and O–H groups in total. The minimum absolute atomic E-state index is 0.141. The van der Waals surface area contributed by atoms with Gasteiger partial charge in [-0.05, 0) is 37.3 Å². The Kier molecular flexibility index (Phi) is 3.58. The molecule has 1 saturated heterocycles. The summed E-state index contributed by atoms with van der Waals surface area (Å²) < 4.78 is 5.52. The van der Waals surface area contributed by atoms with Crippen LogP contribution in [0.25, 0.3) is 11.5 Å². The van der Waals surface area contributed by atoms with Crippen molar-refractivity contribution in [1.82, 2.24) is 9.88 Å². The van der Waals surface area contributed by atoms with Crippen molar-refractivity contribution in [2.75, 3.05) is 11.9 Å². The Morgan fingerprint density at radius 1 is 1.26 bits per heavy atom. The first-order valence-corrected chi connectivity index (χ1v) is 9.75. The number of fused-ring (bicyclic) bond motifs is 5. The van der Waals surface area contributed by atoms with Crippen LogP contribution in [0.4, 0.5) is 5.13 Å². The number of hydrogen-bond donors (Lipinski definition) is 1. The van der Waals surface area contributed by atoms with E-state index in [1.54, 1.807) is 5.38 Å². The molecule has 2 aromatic heterocycles. The number of furan rings is 1. The summed E-state index contributed by atoms with van der Waals surface area (Å²) in [6, 6.07) is 3.66. The Balaban J connectivity index is 1.26. The number of rotatable bonds is 4. The number of hydrogen-bond acceptors (Lipinski definition) is 6. The van der Waals surface area contributed by atoms with Crippen LogP contribution < -0.4 is 5.32 Å². The summed E-state index contributed by atoms with van der Waals surface area (Å²) >= 11 is 1.27. The number of amides is 3. The van der Waals surface area contributed by atoms with Crippen molar-refractivity contribution >= 4 is 34.2 Å². The van der Waals surface area contributed by atoms with Gasteiger partial charge in [-0.2, -0.15) is 0 Å². The van der Waals surface area contributed by atoms with Crippen LogP contribution in [0.15, 0.2) is 34.1 Å². The van der Waals surface area contributed by atoms with Crippen LogP contribution in [-0.4, -0.2) is 34.2 Å². The highest BCUT2D eigenvalue weighted by Crippen LogP contribution is 2.52. The van der Waals surface area contributed by atoms with Gasteiger partial charge in [0, 0.05) is 5.38 Å². The first-order valence-electron chi connectivity index (χ1n) is 8.87. The largest absolute Gasteiger partial charge is 0.460 e. The highest BCUT2D eigenvalue weighted by atomic mass is 32.1. The lowest BCUT2D eigenvalue weighted by Gasteiger charge is -2.16. The molecular formula is C19H17N3O4S. The van der Waals surface area contributed by atoms with Crippen LogP contribution in [0.3, 0.4) is 0 Å². The number of nitrogens with one attached hydrogen (secondary N) is 1. The quantitative estimate of drug-likeness (QED) is 0.647. The van der Waals surface area contributed by atoms with Crippen molar-refractivity contribution in [1.29, 1.82) is 0 Å². The van der Waals surface area contributed by atoms with Crippen molar-refractivity contribution in [2.24, 2.45) is 23.7 Å². The molecule has 4 atom stereocenters. The van der Waals surface area contributed by atoms with Crippen LogP contribution >= 0.6 is 11.3 Å². The van der Waals surface area contributed by atoms with E-state index in [9.17, 15) is 14.4 Å². The van der Waals surface area contributed by atoms with Crippen molar-refractivity contribution in [3.8, 4) is 11.5 Å². The fourth-order valence-corrected chi connectivity index (χ4v) is 5.15. The number of aryl methyl sites for hydroxylation is 1. The number of carbonyl (C=O) groups excluding carboxylic acids is 3. The van der Waals surface area contributed by atoms with Crippen LogP contribution in [0.2, 0.25) is 0 Å². The fourth-order valence-electron chi connectivity index (χ4n) is 4.44. The standard InChI is InChI=1S/C19H17N3O4S/c1-9-2-5-13(26-9)12-8-27-19(20-12)21-14(23)7-22-17(24)15-10-3-4-11(6-10)16(15)18(22)25/h2-5,8,10-11,15-16H,6-7H2,1H3,(H,20,21,23)/t10-,11+,15-,16+. The van der Waals surface area contributed by atoms with Gasteiger partial charge in [0.05, 0.1) is 11.8 Å². The van der Waals surface area contributed by atoms with Gasteiger partial charge in [-0.3, -0.25) is 19.3 Å². The number of likely N-dealkylation sites (tertiary alicyclic amines) is 1. The molecule has 0 spiro atoms. The number of anilines is 1. The van der Waals surface area contributed by atoms with Crippen molar-refractivity contribution in [3.63, 3.8) is 0 Å². The number of aromatic nitrogens is 1. The summed E-state index contributed by atoms with van der Waals surface area (Å²) in [5.41, 5.74) is 0.633. The molecule has 0 unspecified atom stereocenters. The lowest BCUT2D eigenvalue weighted by Crippen LogP contribution is -2.39. The van der Waals surface area contributed by atoms with Gasteiger partial charge in [-0.1, -0.05) is 12.2 Å². The van der Waals surface area contributed by atoms with E-state index in [2.05, 4.69) is 10.3 Å². The molecule has 2 bridgehead atoms. The minimum atomic E-state index is -0.423. The van der Waals surface area contributed by atoms with E-state index in [-0.39, 0.29) is 42.0 Å². The molecule has 3 heterocycles. The van der Waals surface area contributed by atoms with Gasteiger partial charge in [0.2, 0.25) is 17.7 Å². The second-order valence-corrected chi connectivity index (χ2v) is 8.12. The van der Waals surface area contributed by atoms with Gasteiger partial charge in [0.1, 0.15) is 18.0 Å². The molecule has 5 rings (SSSR count). The summed E-state index contributed by atoms with van der Waals surface area (Å²) in [7, 11) is 0. The van der Waals surface area contributed by atoms with Crippen molar-refractivity contribution in [2.45, 2.75) is 13.3 Å². The van der Waals surface area contributed by atoms with E-state index in [4.69, 9.17) is 4.42 Å². The van der Waals surface area contributed by atoms with E-state index in [1.165, 1.54) is 11.3 Å². The maximum Gasteiger partial charge on any atom is 0.246 e. The molecule has 138 valence electrons. The monoisotopic (exact) mass is 383 g/mol. The maximum atomic E-state index is 12.6. The molecule has 3 aliphatic rings. The first kappa shape index (κ1) is 16.4. The second kappa shape index (κ2) is 5.88. The molecular weight excluding hydrogens is 366 g/mol. The Morgan fingerprint density at radius 3 is 2.59 bits per heavy atom. The summed E-state index contributed by atoms with van der Waals surface area (Å²) in [5.74, 6) is 0.265. The molecule has 2 fully saturated rings. The molecule has 0 radical (unpaired) electrons. The summed E-state index contributed by atoms with van der Waals surface area (Å²) in [6.45, 7) is 1.58. The maximum absolute atomic E-state index is 12.6. The van der Waals surface area contributed by atoms with Crippen LogP contribution in [0.5, 0.6) is 0 Å². The summed E-state index contributed by atoms with van der Waals surface area (Å²) in [6.07, 6.45) is 4.95. The minimum Gasteiger partial charge on any atom is -0.460 e.